The van der Waals surface area contributed by atoms with Crippen LogP contribution in [0.5, 0.6) is 0 Å². The van der Waals surface area contributed by atoms with Crippen LogP contribution >= 0.6 is 0 Å². The summed E-state index contributed by atoms with van der Waals surface area (Å²) in [7, 11) is 0. The van der Waals surface area contributed by atoms with Gasteiger partial charge in [-0.15, -0.1) is 0 Å². The molecule has 16 heteroatoms. The van der Waals surface area contributed by atoms with E-state index in [1.54, 1.807) is 42.5 Å². The summed E-state index contributed by atoms with van der Waals surface area (Å²) in [5, 5.41) is 2.68. The summed E-state index contributed by atoms with van der Waals surface area (Å²) in [6.45, 7) is 25.7. The fourth-order valence-corrected chi connectivity index (χ4v) is 4.71. The number of carbonyl (C=O) groups excluding carboxylic acids is 1. The van der Waals surface area contributed by atoms with Crippen LogP contribution in [0.15, 0.2) is 83.6 Å². The van der Waals surface area contributed by atoms with Crippen LogP contribution in [-0.4, -0.2) is 67.7 Å². The molecule has 4 aromatic rings. The first-order valence-electron chi connectivity index (χ1n) is 16.2. The number of aliphatic imine (C=N–C) groups is 1. The van der Waals surface area contributed by atoms with E-state index in [1.807, 2.05) is 54.5 Å². The van der Waals surface area contributed by atoms with Gasteiger partial charge in [-0.25, -0.2) is 19.9 Å². The van der Waals surface area contributed by atoms with Crippen LogP contribution in [0.2, 0.25) is 0 Å². The molecular weight excluding hydrogens is 636 g/mol. The number of nitrogens with one attached hydrogen (secondary N) is 2. The quantitative estimate of drug-likeness (QED) is 0.205. The highest BCUT2D eigenvalue weighted by molar-refractivity contribution is 5.94. The van der Waals surface area contributed by atoms with E-state index >= 15 is 0 Å². The number of H-pyrrole nitrogens is 1. The van der Waals surface area contributed by atoms with Crippen molar-refractivity contribution in [1.82, 2.24) is 49.2 Å². The number of hydrogen-bond donors (Lipinski definition) is 5. The van der Waals surface area contributed by atoms with Crippen molar-refractivity contribution in [1.29, 1.82) is 0 Å². The largest absolute Gasteiger partial charge is 0.397 e. The second-order valence-corrected chi connectivity index (χ2v) is 12.7. The number of amides is 1. The number of nitrogens with zero attached hydrogens (tertiary/aromatic N) is 9. The van der Waals surface area contributed by atoms with Crippen molar-refractivity contribution in [3.8, 4) is 0 Å². The first-order valence-corrected chi connectivity index (χ1v) is 16.2. The maximum Gasteiger partial charge on any atom is 0.280 e. The number of carbonyl (C=O) groups is 1. The summed E-state index contributed by atoms with van der Waals surface area (Å²) in [5.41, 5.74) is 20.3. The highest BCUT2D eigenvalue weighted by Crippen LogP contribution is 2.19. The van der Waals surface area contributed by atoms with E-state index in [9.17, 15) is 9.59 Å². The van der Waals surface area contributed by atoms with Gasteiger partial charge in [0.15, 0.2) is 16.8 Å². The first-order chi connectivity index (χ1) is 23.4. The number of nitrogens with two attached hydrogens (primary N) is 3. The zero-order valence-electron chi connectivity index (χ0n) is 30.3. The second-order valence-electron chi connectivity index (χ2n) is 12.7. The van der Waals surface area contributed by atoms with E-state index < -0.39 is 0 Å². The Kier molecular flexibility index (Phi) is 12.7. The standard InChI is InChI=1S/C9H12N4.C9H14N2O.C8H11N5O.C8H13N3/c1-6(2)13-5-12-8-7(10)3-4-11-9(8)13;1-6(2)11-5-7(3)9(12)10-8(11)4;1-4(2)13-3-10-5-6(13)11-8(9)12-7(5)14;1-6(2)11-5-4-8(9)10-7(11)3/h3-6H,1-2H3,(H2,10,11);5-6H,4H2,1-3H3,(H,10,12);3-4H,1-2H3,(H3,9,11,12,14);4-6H,3H2,1-2H3,(H2,9,10). The third-order valence-electron chi connectivity index (χ3n) is 7.39. The number of hydrogen-bond acceptors (Lipinski definition) is 12. The van der Waals surface area contributed by atoms with Crippen LogP contribution in [0.3, 0.4) is 0 Å². The maximum atomic E-state index is 11.4. The van der Waals surface area contributed by atoms with Crippen molar-refractivity contribution < 1.29 is 4.79 Å². The van der Waals surface area contributed by atoms with Gasteiger partial charge in [-0.1, -0.05) is 13.2 Å². The normalized spacial score (nSPS) is 14.3. The Morgan fingerprint density at radius 1 is 0.780 bits per heavy atom. The zero-order chi connectivity index (χ0) is 37.4. The minimum absolute atomic E-state index is 0.0584. The molecule has 6 rings (SSSR count). The lowest BCUT2D eigenvalue weighted by atomic mass is 10.2. The van der Waals surface area contributed by atoms with E-state index in [0.717, 1.165) is 16.7 Å². The smallest absolute Gasteiger partial charge is 0.280 e. The van der Waals surface area contributed by atoms with Gasteiger partial charge in [0.1, 0.15) is 23.0 Å². The molecule has 0 radical (unpaired) electrons. The lowest BCUT2D eigenvalue weighted by molar-refractivity contribution is -0.117. The minimum Gasteiger partial charge on any atom is -0.397 e. The molecule has 0 aromatic carbocycles. The molecule has 0 atom stereocenters. The average Bonchev–Trinajstić information content (AvgIpc) is 3.66. The fraction of sp³-hybridized carbons (Fsp3) is 0.382. The van der Waals surface area contributed by atoms with Gasteiger partial charge in [0.25, 0.3) is 11.5 Å². The van der Waals surface area contributed by atoms with Crippen molar-refractivity contribution in [3.05, 3.63) is 84.1 Å². The van der Waals surface area contributed by atoms with Crippen LogP contribution in [0.1, 0.15) is 74.4 Å². The predicted molar refractivity (Wildman–Crippen MR) is 200 cm³/mol. The average molecular weight is 687 g/mol. The molecule has 0 unspecified atom stereocenters. The number of aromatic amines is 1. The Hall–Kier alpha value is -5.93. The van der Waals surface area contributed by atoms with E-state index in [0.29, 0.717) is 52.5 Å². The van der Waals surface area contributed by atoms with Gasteiger partial charge >= 0.3 is 0 Å². The summed E-state index contributed by atoms with van der Waals surface area (Å²) in [4.78, 5) is 49.3. The third-order valence-corrected chi connectivity index (χ3v) is 7.39. The molecule has 2 aliphatic heterocycles. The van der Waals surface area contributed by atoms with Crippen molar-refractivity contribution in [2.75, 3.05) is 11.5 Å². The molecule has 6 heterocycles. The molecule has 268 valence electrons. The third kappa shape index (κ3) is 9.36. The summed E-state index contributed by atoms with van der Waals surface area (Å²) in [6.07, 6.45) is 10.6. The SMILES string of the molecule is C=C1N=C(N)C=CN1C(C)C.C=C1NC(=O)C(C)=CN1C(C)C.CC(C)n1cnc2c(=O)[nH]c(N)nc21.CC(C)n1cnc2c(N)ccnc21. The summed E-state index contributed by atoms with van der Waals surface area (Å²) in [6, 6.07) is 3.04. The molecule has 0 aliphatic carbocycles. The minimum atomic E-state index is -0.299. The van der Waals surface area contributed by atoms with Crippen LogP contribution in [0.4, 0.5) is 11.6 Å². The van der Waals surface area contributed by atoms with Gasteiger partial charge in [-0.2, -0.15) is 4.98 Å². The Morgan fingerprint density at radius 2 is 1.36 bits per heavy atom. The molecule has 1 amide bonds. The highest BCUT2D eigenvalue weighted by Gasteiger charge is 2.19. The van der Waals surface area contributed by atoms with Gasteiger partial charge in [0, 0.05) is 48.3 Å². The topological polar surface area (TPSA) is 220 Å². The van der Waals surface area contributed by atoms with Crippen molar-refractivity contribution in [2.24, 2.45) is 10.7 Å². The number of anilines is 2. The van der Waals surface area contributed by atoms with E-state index in [1.165, 1.54) is 0 Å². The molecule has 2 aliphatic rings. The van der Waals surface area contributed by atoms with Crippen molar-refractivity contribution >= 4 is 45.7 Å². The molecule has 0 saturated carbocycles. The molecule has 16 nitrogen and oxygen atoms in total. The Balaban J connectivity index is 0.000000181. The lowest BCUT2D eigenvalue weighted by Crippen LogP contribution is -2.40. The Bertz CT molecular complexity index is 1990. The highest BCUT2D eigenvalue weighted by atomic mass is 16.2. The molecule has 0 saturated heterocycles. The van der Waals surface area contributed by atoms with Crippen LogP contribution in [-0.2, 0) is 4.79 Å². The fourth-order valence-electron chi connectivity index (χ4n) is 4.71. The second kappa shape index (κ2) is 16.5. The van der Waals surface area contributed by atoms with Gasteiger partial charge < -0.3 is 41.5 Å². The van der Waals surface area contributed by atoms with Crippen molar-refractivity contribution in [2.45, 2.75) is 86.5 Å². The molecule has 4 aromatic heterocycles. The number of imidazole rings is 2. The Labute approximate surface area is 292 Å². The van der Waals surface area contributed by atoms with Gasteiger partial charge in [-0.3, -0.25) is 14.6 Å². The molecule has 50 heavy (non-hydrogen) atoms. The van der Waals surface area contributed by atoms with Gasteiger partial charge in [0.2, 0.25) is 5.95 Å². The first kappa shape index (κ1) is 38.5. The number of pyridine rings is 1. The number of aromatic nitrogens is 7. The van der Waals surface area contributed by atoms with Crippen LogP contribution in [0, 0.1) is 0 Å². The molecule has 0 spiro atoms. The van der Waals surface area contributed by atoms with E-state index in [-0.39, 0.29) is 23.5 Å². The maximum absolute atomic E-state index is 11.4. The lowest BCUT2D eigenvalue weighted by Gasteiger charge is -2.31. The Morgan fingerprint density at radius 3 is 1.92 bits per heavy atom. The number of fused-ring (bicyclic) bond motifs is 2. The summed E-state index contributed by atoms with van der Waals surface area (Å²) >= 11 is 0. The molecule has 0 bridgehead atoms. The van der Waals surface area contributed by atoms with Crippen molar-refractivity contribution in [3.63, 3.8) is 0 Å². The van der Waals surface area contributed by atoms with Crippen LogP contribution < -0.4 is 28.1 Å². The van der Waals surface area contributed by atoms with Crippen LogP contribution in [0.25, 0.3) is 22.3 Å². The van der Waals surface area contributed by atoms with Gasteiger partial charge in [0.05, 0.1) is 18.3 Å². The molecular formula is C34H50N14O2. The predicted octanol–water partition coefficient (Wildman–Crippen LogP) is 4.13. The monoisotopic (exact) mass is 686 g/mol. The molecule has 8 N–H and O–H groups in total. The van der Waals surface area contributed by atoms with E-state index in [4.69, 9.17) is 17.2 Å². The van der Waals surface area contributed by atoms with Gasteiger partial charge in [-0.05, 0) is 74.5 Å². The number of nitrogen functional groups attached to an aromatic ring is 2. The zero-order valence-corrected chi connectivity index (χ0v) is 30.3. The number of amidine groups is 1. The summed E-state index contributed by atoms with van der Waals surface area (Å²) < 4.78 is 3.81. The summed E-state index contributed by atoms with van der Waals surface area (Å²) in [5.74, 6) is 1.94. The molecule has 0 fully saturated rings. The number of rotatable bonds is 4. The van der Waals surface area contributed by atoms with E-state index in [2.05, 4.69) is 76.1 Å².